The Hall–Kier alpha value is -0.0800. The Morgan fingerprint density at radius 3 is 2.33 bits per heavy atom. The first-order valence-electron chi connectivity index (χ1n) is 6.29. The van der Waals surface area contributed by atoms with E-state index in [-0.39, 0.29) is 0 Å². The molecule has 0 unspecified atom stereocenters. The molecule has 2 heteroatoms. The van der Waals surface area contributed by atoms with Gasteiger partial charge < -0.3 is 10.2 Å². The Balaban J connectivity index is 3.79. The molecule has 0 aromatic rings. The van der Waals surface area contributed by atoms with Crippen LogP contribution in [-0.4, -0.2) is 37.6 Å². The number of hydrogen-bond acceptors (Lipinski definition) is 2. The van der Waals surface area contributed by atoms with Crippen LogP contribution in [0, 0.1) is 5.41 Å². The number of hydrogen-bond donors (Lipinski definition) is 1. The van der Waals surface area contributed by atoms with Crippen molar-refractivity contribution in [2.75, 3.05) is 26.7 Å². The second-order valence-electron chi connectivity index (χ2n) is 5.79. The molecule has 0 bridgehead atoms. The first kappa shape index (κ1) is 14.9. The van der Waals surface area contributed by atoms with Gasteiger partial charge in [-0.15, -0.1) is 0 Å². The van der Waals surface area contributed by atoms with Crippen molar-refractivity contribution in [3.8, 4) is 0 Å². The monoisotopic (exact) mass is 214 g/mol. The van der Waals surface area contributed by atoms with E-state index in [2.05, 4.69) is 51.9 Å². The van der Waals surface area contributed by atoms with Crippen LogP contribution in [0.4, 0.5) is 0 Å². The van der Waals surface area contributed by atoms with Gasteiger partial charge in [0.15, 0.2) is 0 Å². The summed E-state index contributed by atoms with van der Waals surface area (Å²) in [5, 5.41) is 3.52. The summed E-state index contributed by atoms with van der Waals surface area (Å²) in [5.41, 5.74) is 0.368. The quantitative estimate of drug-likeness (QED) is 0.668. The number of nitrogens with zero attached hydrogens (tertiary/aromatic N) is 1. The van der Waals surface area contributed by atoms with E-state index in [1.807, 2.05) is 0 Å². The van der Waals surface area contributed by atoms with Gasteiger partial charge in [-0.1, -0.05) is 41.0 Å². The first-order chi connectivity index (χ1) is 6.87. The molecule has 0 aliphatic carbocycles. The summed E-state index contributed by atoms with van der Waals surface area (Å²) in [6, 6.07) is 0.588. The van der Waals surface area contributed by atoms with Gasteiger partial charge in [0.2, 0.25) is 0 Å². The van der Waals surface area contributed by atoms with Gasteiger partial charge >= 0.3 is 0 Å². The van der Waals surface area contributed by atoms with Gasteiger partial charge in [0.05, 0.1) is 0 Å². The molecule has 0 spiro atoms. The lowest BCUT2D eigenvalue weighted by Crippen LogP contribution is -2.41. The molecular formula is C13H30N2. The molecule has 0 aromatic heterocycles. The van der Waals surface area contributed by atoms with E-state index in [1.54, 1.807) is 0 Å². The lowest BCUT2D eigenvalue weighted by molar-refractivity contribution is 0.199. The highest BCUT2D eigenvalue weighted by Crippen LogP contribution is 2.15. The van der Waals surface area contributed by atoms with Gasteiger partial charge in [0.25, 0.3) is 0 Å². The Labute approximate surface area is 96.4 Å². The van der Waals surface area contributed by atoms with Crippen LogP contribution in [-0.2, 0) is 0 Å². The zero-order valence-corrected chi connectivity index (χ0v) is 11.6. The average molecular weight is 214 g/mol. The van der Waals surface area contributed by atoms with E-state index in [0.717, 1.165) is 6.54 Å². The van der Waals surface area contributed by atoms with Crippen LogP contribution in [0.25, 0.3) is 0 Å². The second kappa shape index (κ2) is 7.24. The third kappa shape index (κ3) is 8.88. The first-order valence-corrected chi connectivity index (χ1v) is 6.29. The van der Waals surface area contributed by atoms with E-state index in [1.165, 1.54) is 25.9 Å². The van der Waals surface area contributed by atoms with E-state index in [0.29, 0.717) is 11.5 Å². The lowest BCUT2D eigenvalue weighted by Gasteiger charge is -2.31. The molecule has 0 fully saturated rings. The predicted molar refractivity (Wildman–Crippen MR) is 69.3 cm³/mol. The van der Waals surface area contributed by atoms with Gasteiger partial charge in [-0.25, -0.2) is 0 Å². The van der Waals surface area contributed by atoms with Crippen molar-refractivity contribution in [1.29, 1.82) is 0 Å². The molecule has 2 nitrogen and oxygen atoms in total. The maximum absolute atomic E-state index is 3.52. The number of nitrogens with one attached hydrogen (secondary N) is 1. The number of rotatable bonds is 8. The summed E-state index contributed by atoms with van der Waals surface area (Å²) in [4.78, 5) is 2.45. The molecule has 0 heterocycles. The Bertz CT molecular complexity index is 153. The molecule has 92 valence electrons. The molecule has 0 aliphatic rings. The maximum atomic E-state index is 3.52. The summed E-state index contributed by atoms with van der Waals surface area (Å²) >= 11 is 0. The Morgan fingerprint density at radius 1 is 1.27 bits per heavy atom. The zero-order chi connectivity index (χ0) is 11.9. The predicted octanol–water partition coefficient (Wildman–Crippen LogP) is 2.74. The van der Waals surface area contributed by atoms with Crippen LogP contribution in [0.5, 0.6) is 0 Å². The van der Waals surface area contributed by atoms with Gasteiger partial charge in [-0.2, -0.15) is 0 Å². The summed E-state index contributed by atoms with van der Waals surface area (Å²) in [5.74, 6) is 0. The van der Waals surface area contributed by atoms with Crippen molar-refractivity contribution in [2.24, 2.45) is 5.41 Å². The molecule has 0 saturated carbocycles. The minimum Gasteiger partial charge on any atom is -0.314 e. The summed E-state index contributed by atoms with van der Waals surface area (Å²) < 4.78 is 0. The van der Waals surface area contributed by atoms with Crippen molar-refractivity contribution in [2.45, 2.75) is 53.5 Å². The molecule has 0 amide bonds. The highest BCUT2D eigenvalue weighted by Gasteiger charge is 2.19. The van der Waals surface area contributed by atoms with Crippen molar-refractivity contribution in [3.63, 3.8) is 0 Å². The van der Waals surface area contributed by atoms with E-state index < -0.39 is 0 Å². The normalized spacial score (nSPS) is 12.8. The molecule has 0 rings (SSSR count). The van der Waals surface area contributed by atoms with Crippen molar-refractivity contribution < 1.29 is 0 Å². The van der Waals surface area contributed by atoms with E-state index >= 15 is 0 Å². The molecule has 1 N–H and O–H groups in total. The second-order valence-corrected chi connectivity index (χ2v) is 5.79. The van der Waals surface area contributed by atoms with Crippen molar-refractivity contribution in [3.05, 3.63) is 0 Å². The summed E-state index contributed by atoms with van der Waals surface area (Å²) in [7, 11) is 2.23. The topological polar surface area (TPSA) is 15.3 Å². The van der Waals surface area contributed by atoms with E-state index in [9.17, 15) is 0 Å². The van der Waals surface area contributed by atoms with Gasteiger partial charge in [-0.05, 0) is 25.4 Å². The molecule has 15 heavy (non-hydrogen) atoms. The van der Waals surface area contributed by atoms with Crippen molar-refractivity contribution in [1.82, 2.24) is 10.2 Å². The SMILES string of the molecule is CCCCN(C)CC(C)(C)CNC(C)C. The molecule has 0 saturated heterocycles. The standard InChI is InChI=1S/C13H30N2/c1-7-8-9-15(6)11-13(4,5)10-14-12(2)3/h12,14H,7-11H2,1-6H3. The molecule has 0 aromatic carbocycles. The van der Waals surface area contributed by atoms with Crippen LogP contribution in [0.2, 0.25) is 0 Å². The van der Waals surface area contributed by atoms with Crippen LogP contribution < -0.4 is 5.32 Å². The maximum Gasteiger partial charge on any atom is 0.00418 e. The van der Waals surface area contributed by atoms with Crippen molar-refractivity contribution >= 4 is 0 Å². The number of unbranched alkanes of at least 4 members (excludes halogenated alkanes) is 1. The fraction of sp³-hybridized carbons (Fsp3) is 1.00. The van der Waals surface area contributed by atoms with Crippen LogP contribution in [0.1, 0.15) is 47.5 Å². The van der Waals surface area contributed by atoms with Gasteiger partial charge in [0, 0.05) is 19.1 Å². The largest absolute Gasteiger partial charge is 0.314 e. The Kier molecular flexibility index (Phi) is 7.20. The zero-order valence-electron chi connectivity index (χ0n) is 11.6. The van der Waals surface area contributed by atoms with Gasteiger partial charge in [0.1, 0.15) is 0 Å². The average Bonchev–Trinajstić information content (AvgIpc) is 2.11. The molecule has 0 atom stereocenters. The fourth-order valence-corrected chi connectivity index (χ4v) is 1.77. The minimum absolute atomic E-state index is 0.368. The third-order valence-corrected chi connectivity index (χ3v) is 2.58. The lowest BCUT2D eigenvalue weighted by atomic mass is 9.92. The Morgan fingerprint density at radius 2 is 1.87 bits per heavy atom. The fourth-order valence-electron chi connectivity index (χ4n) is 1.77. The summed E-state index contributed by atoms with van der Waals surface area (Å²) in [6.45, 7) is 14.8. The van der Waals surface area contributed by atoms with Gasteiger partial charge in [-0.3, -0.25) is 0 Å². The highest BCUT2D eigenvalue weighted by molar-refractivity contribution is 4.76. The highest BCUT2D eigenvalue weighted by atomic mass is 15.1. The molecule has 0 aliphatic heterocycles. The van der Waals surface area contributed by atoms with Crippen LogP contribution in [0.15, 0.2) is 0 Å². The molecular weight excluding hydrogens is 184 g/mol. The smallest absolute Gasteiger partial charge is 0.00418 e. The summed E-state index contributed by atoms with van der Waals surface area (Å²) in [6.07, 6.45) is 2.60. The van der Waals surface area contributed by atoms with Crippen LogP contribution in [0.3, 0.4) is 0 Å². The molecule has 0 radical (unpaired) electrons. The van der Waals surface area contributed by atoms with Crippen LogP contribution >= 0.6 is 0 Å². The third-order valence-electron chi connectivity index (χ3n) is 2.58. The van der Waals surface area contributed by atoms with E-state index in [4.69, 9.17) is 0 Å². The minimum atomic E-state index is 0.368.